The van der Waals surface area contributed by atoms with Crippen molar-refractivity contribution in [2.45, 2.75) is 0 Å². The number of benzene rings is 1. The summed E-state index contributed by atoms with van der Waals surface area (Å²) in [5.41, 5.74) is 11.0. The number of pyridine rings is 5. The number of hydrogen-bond acceptors (Lipinski definition) is 20. The lowest BCUT2D eigenvalue weighted by atomic mass is 10.1. The normalized spacial score (nSPS) is 12.0. The highest BCUT2D eigenvalue weighted by Crippen LogP contribution is 2.24. The standard InChI is InChI=1S/C31H36Cl2N8O5.C21H21N5O4/c1-40(28(42)11-17-45-24-7-5-23(6-8-24)41(15-12-32)16-13-33)27-4-3-14-34-29(27)31-38-36-30(37-39-31)26-10-9-25(22-35-26)46-21-20-44-19-18-43-2;1-26-18-4-3-7-22-20(18)19-15(21(26)27)12-17(24-25-19)16-6-5-14(13-23-16)30-11-10-29-9-8-28-2/h3-11,14,17,22H,12-13,15-16,18-21H2,1-2H3,(H,36,37)(H,38,39);3-7,12-13H,8-11H2,1-2H3/b17-11+;. The van der Waals surface area contributed by atoms with Crippen molar-refractivity contribution < 1.29 is 38.0 Å². The van der Waals surface area contributed by atoms with Crippen LogP contribution in [0.3, 0.4) is 0 Å². The first kappa shape index (κ1) is 55.9. The summed E-state index contributed by atoms with van der Waals surface area (Å²) in [4.78, 5) is 46.9. The number of carbonyl (C=O) groups is 1. The van der Waals surface area contributed by atoms with Crippen LogP contribution in [0.25, 0.3) is 33.3 Å². The summed E-state index contributed by atoms with van der Waals surface area (Å²) in [6.07, 6.45) is 9.15. The van der Waals surface area contributed by atoms with Crippen LogP contribution in [0.4, 0.5) is 11.4 Å². The van der Waals surface area contributed by atoms with Crippen molar-refractivity contribution >= 4 is 74.1 Å². The largest absolute Gasteiger partial charge is 0.490 e. The molecule has 6 aromatic heterocycles. The summed E-state index contributed by atoms with van der Waals surface area (Å²) >= 11 is 11.8. The number of aromatic nitrogens is 7. The number of alkyl halides is 2. The molecule has 1 amide bonds. The van der Waals surface area contributed by atoms with E-state index in [-0.39, 0.29) is 11.5 Å². The molecule has 0 unspecified atom stereocenters. The van der Waals surface area contributed by atoms with E-state index in [0.29, 0.717) is 157 Å². The highest BCUT2D eigenvalue weighted by atomic mass is 35.5. The summed E-state index contributed by atoms with van der Waals surface area (Å²) in [6, 6.07) is 23.4. The lowest BCUT2D eigenvalue weighted by molar-refractivity contribution is -0.114. The van der Waals surface area contributed by atoms with Crippen molar-refractivity contribution in [3.8, 4) is 28.6 Å². The fourth-order valence-corrected chi connectivity index (χ4v) is 7.60. The summed E-state index contributed by atoms with van der Waals surface area (Å²) in [5, 5.41) is 17.7. The van der Waals surface area contributed by atoms with E-state index in [2.05, 4.69) is 56.1 Å². The van der Waals surface area contributed by atoms with Gasteiger partial charge in [-0.15, -0.1) is 33.4 Å². The molecule has 1 aliphatic rings. The smallest absolute Gasteiger partial charge is 0.260 e. The fraction of sp³-hybridized carbons (Fsp3) is 0.308. The first-order valence-electron chi connectivity index (χ1n) is 23.9. The summed E-state index contributed by atoms with van der Waals surface area (Å²) in [5.74, 6) is 3.19. The average molecular weight is 1080 g/mol. The van der Waals surface area contributed by atoms with E-state index in [1.807, 2.05) is 30.3 Å². The van der Waals surface area contributed by atoms with Gasteiger partial charge < -0.3 is 47.5 Å². The van der Waals surface area contributed by atoms with Crippen molar-refractivity contribution in [1.82, 2.24) is 45.6 Å². The second kappa shape index (κ2) is 29.3. The van der Waals surface area contributed by atoms with Gasteiger partial charge in [0.2, 0.25) is 0 Å². The minimum Gasteiger partial charge on any atom is -0.490 e. The van der Waals surface area contributed by atoms with Crippen LogP contribution in [-0.4, -0.2) is 151 Å². The highest BCUT2D eigenvalue weighted by Gasteiger charge is 2.21. The molecular formula is C52H57Cl2N13O9. The van der Waals surface area contributed by atoms with Gasteiger partial charge in [0.05, 0.1) is 80.6 Å². The molecule has 2 N–H and O–H groups in total. The quantitative estimate of drug-likeness (QED) is 0.0222. The number of hydrazone groups is 2. The number of nitrogens with zero attached hydrogens (tertiary/aromatic N) is 11. The first-order valence-corrected chi connectivity index (χ1v) is 24.9. The third-order valence-electron chi connectivity index (χ3n) is 11.1. The molecule has 0 spiro atoms. The molecule has 0 saturated carbocycles. The zero-order valence-corrected chi connectivity index (χ0v) is 43.8. The molecule has 24 heteroatoms. The van der Waals surface area contributed by atoms with Crippen LogP contribution in [0.2, 0.25) is 0 Å². The van der Waals surface area contributed by atoms with Crippen LogP contribution >= 0.6 is 23.2 Å². The van der Waals surface area contributed by atoms with Gasteiger partial charge in [-0.1, -0.05) is 0 Å². The molecule has 0 atom stereocenters. The molecule has 7 heterocycles. The van der Waals surface area contributed by atoms with E-state index < -0.39 is 0 Å². The van der Waals surface area contributed by atoms with Gasteiger partial charge in [-0.25, -0.2) is 4.98 Å². The lowest BCUT2D eigenvalue weighted by Gasteiger charge is -2.22. The van der Waals surface area contributed by atoms with Crippen molar-refractivity contribution in [3.63, 3.8) is 0 Å². The van der Waals surface area contributed by atoms with Crippen molar-refractivity contribution in [2.75, 3.05) is 109 Å². The Balaban J connectivity index is 0.000000241. The molecule has 398 valence electrons. The van der Waals surface area contributed by atoms with E-state index in [1.165, 1.54) is 17.2 Å². The molecule has 7 aromatic rings. The minimum absolute atomic E-state index is 0.157. The van der Waals surface area contributed by atoms with Crippen molar-refractivity contribution in [1.29, 1.82) is 0 Å². The molecule has 8 rings (SSSR count). The maximum Gasteiger partial charge on any atom is 0.260 e. The monoisotopic (exact) mass is 1080 g/mol. The first-order chi connectivity index (χ1) is 37.2. The molecular weight excluding hydrogens is 1020 g/mol. The van der Waals surface area contributed by atoms with Crippen LogP contribution in [0.5, 0.6) is 17.2 Å². The maximum absolute atomic E-state index is 13.0. The lowest BCUT2D eigenvalue weighted by Crippen LogP contribution is -2.37. The number of rotatable bonds is 26. The van der Waals surface area contributed by atoms with E-state index >= 15 is 0 Å². The van der Waals surface area contributed by atoms with E-state index in [1.54, 1.807) is 106 Å². The van der Waals surface area contributed by atoms with Gasteiger partial charge in [-0.3, -0.25) is 35.4 Å². The van der Waals surface area contributed by atoms with Gasteiger partial charge in [-0.2, -0.15) is 10.2 Å². The molecule has 22 nitrogen and oxygen atoms in total. The van der Waals surface area contributed by atoms with Crippen molar-refractivity contribution in [2.24, 2.45) is 17.3 Å². The molecule has 0 aliphatic carbocycles. The van der Waals surface area contributed by atoms with Gasteiger partial charge in [-0.05, 0) is 78.9 Å². The van der Waals surface area contributed by atoms with Crippen LogP contribution in [-0.2, 0) is 30.8 Å². The van der Waals surface area contributed by atoms with Gasteiger partial charge in [0, 0.05) is 77.3 Å². The molecule has 76 heavy (non-hydrogen) atoms. The Labute approximate surface area is 448 Å². The number of fused-ring (bicyclic) bond motifs is 3. The van der Waals surface area contributed by atoms with Crippen molar-refractivity contribution in [3.05, 3.63) is 138 Å². The Morgan fingerprint density at radius 1 is 0.671 bits per heavy atom. The van der Waals surface area contributed by atoms with E-state index in [9.17, 15) is 9.59 Å². The second-order valence-corrected chi connectivity index (χ2v) is 16.8. The van der Waals surface area contributed by atoms with Gasteiger partial charge >= 0.3 is 0 Å². The van der Waals surface area contributed by atoms with Gasteiger partial charge in [0.25, 0.3) is 11.5 Å². The Bertz CT molecular complexity index is 3130. The highest BCUT2D eigenvalue weighted by molar-refractivity contribution is 6.18. The van der Waals surface area contributed by atoms with Crippen LogP contribution in [0.15, 0.2) is 131 Å². The van der Waals surface area contributed by atoms with Crippen LogP contribution in [0.1, 0.15) is 11.4 Å². The average Bonchev–Trinajstić information content (AvgIpc) is 3.47. The van der Waals surface area contributed by atoms with Gasteiger partial charge in [0.1, 0.15) is 58.6 Å². The topological polar surface area (TPSA) is 236 Å². The van der Waals surface area contributed by atoms with E-state index in [0.717, 1.165) is 5.69 Å². The number of ether oxygens (including phenoxy) is 7. The molecule has 0 fully saturated rings. The molecule has 0 saturated heterocycles. The number of likely N-dealkylation sites (N-methyl/N-ethyl adjacent to an activating group) is 1. The van der Waals surface area contributed by atoms with Gasteiger partial charge in [0.15, 0.2) is 11.7 Å². The summed E-state index contributed by atoms with van der Waals surface area (Å²) in [6.45, 7) is 5.22. The Morgan fingerprint density at radius 3 is 1.89 bits per heavy atom. The second-order valence-electron chi connectivity index (χ2n) is 16.1. The third kappa shape index (κ3) is 15.4. The molecule has 1 aromatic carbocycles. The SMILES string of the molecule is COCCOCCOc1ccc(-c2cc3c(=O)n(C)c4cccnc4c3nn2)nc1.COCCOCCOc1ccc(C2=NNC(c3ncccc3N(C)C(=O)/C=C/Oc3ccc(N(CCCl)CCCl)cc3)=NN2)nc1. The number of methoxy groups -OCH3 is 2. The number of halogens is 2. The number of anilines is 2. The summed E-state index contributed by atoms with van der Waals surface area (Å²) < 4.78 is 39.1. The minimum atomic E-state index is -0.331. The molecule has 1 aliphatic heterocycles. The fourth-order valence-electron chi connectivity index (χ4n) is 7.19. The predicted octanol–water partition coefficient (Wildman–Crippen LogP) is 5.55. The Kier molecular flexibility index (Phi) is 21.5. The molecule has 0 radical (unpaired) electrons. The number of aryl methyl sites for hydroxylation is 1. The van der Waals surface area contributed by atoms with E-state index in [4.69, 9.17) is 56.4 Å². The molecule has 0 bridgehead atoms. The number of amidine groups is 2. The Morgan fingerprint density at radius 2 is 1.28 bits per heavy atom. The zero-order chi connectivity index (χ0) is 53.5. The summed E-state index contributed by atoms with van der Waals surface area (Å²) in [7, 11) is 6.60. The Hall–Kier alpha value is -7.86. The van der Waals surface area contributed by atoms with Crippen LogP contribution < -0.4 is 40.4 Å². The number of amides is 1. The number of nitrogens with one attached hydrogen (secondary N) is 2. The number of carbonyl (C=O) groups excluding carboxylic acids is 1. The predicted molar refractivity (Wildman–Crippen MR) is 291 cm³/mol. The zero-order valence-electron chi connectivity index (χ0n) is 42.3. The third-order valence-corrected chi connectivity index (χ3v) is 11.4. The maximum atomic E-state index is 13.0. The number of hydrogen-bond donors (Lipinski definition) is 2. The van der Waals surface area contributed by atoms with Crippen LogP contribution in [0, 0.1) is 0 Å².